The molecule has 3 aromatic rings. The predicted molar refractivity (Wildman–Crippen MR) is 94.7 cm³/mol. The Morgan fingerprint density at radius 1 is 1.28 bits per heavy atom. The van der Waals surface area contributed by atoms with Gasteiger partial charge in [0.2, 0.25) is 17.6 Å². The summed E-state index contributed by atoms with van der Waals surface area (Å²) in [5.74, 6) is 0.914. The number of nitrogens with one attached hydrogen (secondary N) is 1. The zero-order valence-corrected chi connectivity index (χ0v) is 14.5. The van der Waals surface area contributed by atoms with Crippen molar-refractivity contribution in [1.29, 1.82) is 0 Å². The van der Waals surface area contributed by atoms with Crippen molar-refractivity contribution < 1.29 is 9.32 Å². The first-order valence-corrected chi connectivity index (χ1v) is 8.46. The van der Waals surface area contributed by atoms with Crippen LogP contribution in [-0.2, 0) is 24.3 Å². The number of carbonyl (C=O) groups is 1. The van der Waals surface area contributed by atoms with E-state index >= 15 is 0 Å². The van der Waals surface area contributed by atoms with Gasteiger partial charge in [-0.3, -0.25) is 4.79 Å². The quantitative estimate of drug-likeness (QED) is 0.718. The minimum atomic E-state index is -0.0295. The van der Waals surface area contributed by atoms with Gasteiger partial charge in [0.1, 0.15) is 0 Å². The Hall–Kier alpha value is -2.89. The van der Waals surface area contributed by atoms with Gasteiger partial charge in [0.05, 0.1) is 12.2 Å². The summed E-state index contributed by atoms with van der Waals surface area (Å²) in [6.45, 7) is 5.18. The van der Waals surface area contributed by atoms with Crippen molar-refractivity contribution in [3.63, 3.8) is 0 Å². The number of aromatic nitrogens is 3. The third kappa shape index (κ3) is 4.35. The van der Waals surface area contributed by atoms with E-state index in [9.17, 15) is 4.79 Å². The van der Waals surface area contributed by atoms with Gasteiger partial charge >= 0.3 is 0 Å². The first-order valence-electron chi connectivity index (χ1n) is 8.46. The third-order valence-electron chi connectivity index (χ3n) is 4.03. The van der Waals surface area contributed by atoms with Gasteiger partial charge in [-0.05, 0) is 38.0 Å². The third-order valence-corrected chi connectivity index (χ3v) is 4.03. The lowest BCUT2D eigenvalue weighted by molar-refractivity contribution is -0.121. The van der Waals surface area contributed by atoms with Crippen LogP contribution in [0.15, 0.2) is 47.1 Å². The van der Waals surface area contributed by atoms with Crippen molar-refractivity contribution in [2.45, 2.75) is 39.8 Å². The van der Waals surface area contributed by atoms with Crippen LogP contribution < -0.4 is 5.32 Å². The molecule has 0 spiro atoms. The zero-order valence-electron chi connectivity index (χ0n) is 14.5. The number of hydrogen-bond donors (Lipinski definition) is 1. The van der Waals surface area contributed by atoms with E-state index in [1.807, 2.05) is 48.0 Å². The van der Waals surface area contributed by atoms with Crippen molar-refractivity contribution in [1.82, 2.24) is 20.0 Å². The lowest BCUT2D eigenvalue weighted by Crippen LogP contribution is -2.23. The van der Waals surface area contributed by atoms with E-state index in [1.165, 1.54) is 5.56 Å². The molecule has 2 heterocycles. The molecular formula is C19H22N4O2. The largest absolute Gasteiger partial charge is 0.347 e. The van der Waals surface area contributed by atoms with E-state index in [0.717, 1.165) is 17.8 Å². The lowest BCUT2D eigenvalue weighted by Gasteiger charge is -2.03. The first-order chi connectivity index (χ1) is 12.2. The maximum absolute atomic E-state index is 12.0. The van der Waals surface area contributed by atoms with Gasteiger partial charge < -0.3 is 14.4 Å². The fraction of sp³-hybridized carbons (Fsp3) is 0.316. The Balaban J connectivity index is 1.51. The number of carbonyl (C=O) groups excluding carboxylic acids is 1. The van der Waals surface area contributed by atoms with E-state index in [0.29, 0.717) is 24.6 Å². The summed E-state index contributed by atoms with van der Waals surface area (Å²) in [6.07, 6.45) is 3.12. The fourth-order valence-corrected chi connectivity index (χ4v) is 2.71. The maximum Gasteiger partial charge on any atom is 0.246 e. The monoisotopic (exact) mass is 338 g/mol. The minimum absolute atomic E-state index is 0.0295. The predicted octanol–water partition coefficient (Wildman–Crippen LogP) is 3.12. The van der Waals surface area contributed by atoms with E-state index in [1.54, 1.807) is 0 Å². The molecule has 3 rings (SSSR count). The molecule has 130 valence electrons. The van der Waals surface area contributed by atoms with Crippen LogP contribution in [0.1, 0.15) is 30.4 Å². The Kier molecular flexibility index (Phi) is 5.28. The summed E-state index contributed by atoms with van der Waals surface area (Å²) in [5.41, 5.74) is 3.27. The Bertz CT molecular complexity index is 850. The number of aryl methyl sites for hydroxylation is 3. The van der Waals surface area contributed by atoms with Crippen LogP contribution in [0.2, 0.25) is 0 Å². The molecule has 1 aromatic carbocycles. The van der Waals surface area contributed by atoms with Gasteiger partial charge in [0, 0.05) is 19.2 Å². The molecule has 25 heavy (non-hydrogen) atoms. The molecule has 0 saturated heterocycles. The molecule has 1 N–H and O–H groups in total. The fourth-order valence-electron chi connectivity index (χ4n) is 2.71. The number of nitrogens with zero attached hydrogens (tertiary/aromatic N) is 3. The van der Waals surface area contributed by atoms with Crippen molar-refractivity contribution in [3.05, 3.63) is 59.6 Å². The molecule has 0 radical (unpaired) electrons. The number of rotatable bonds is 7. The van der Waals surface area contributed by atoms with Crippen LogP contribution in [0.25, 0.3) is 11.5 Å². The minimum Gasteiger partial charge on any atom is -0.347 e. The molecule has 2 aromatic heterocycles. The summed E-state index contributed by atoms with van der Waals surface area (Å²) in [6, 6.07) is 12.1. The molecule has 0 atom stereocenters. The molecule has 0 bridgehead atoms. The zero-order chi connectivity index (χ0) is 17.6. The molecule has 6 heteroatoms. The summed E-state index contributed by atoms with van der Waals surface area (Å²) in [4.78, 5) is 16.4. The average Bonchev–Trinajstić information content (AvgIpc) is 3.26. The van der Waals surface area contributed by atoms with Crippen molar-refractivity contribution >= 4 is 5.91 Å². The molecule has 0 fully saturated rings. The highest BCUT2D eigenvalue weighted by molar-refractivity contribution is 5.76. The smallest absolute Gasteiger partial charge is 0.246 e. The number of hydrogen-bond acceptors (Lipinski definition) is 4. The van der Waals surface area contributed by atoms with Gasteiger partial charge in [0.15, 0.2) is 0 Å². The van der Waals surface area contributed by atoms with Crippen LogP contribution in [-0.4, -0.2) is 20.6 Å². The SMILES string of the molecule is CCn1cccc1-c1noc(CNC(=O)CCc2cccc(C)c2)n1. The van der Waals surface area contributed by atoms with Crippen molar-refractivity contribution in [2.24, 2.45) is 0 Å². The Morgan fingerprint density at radius 2 is 2.16 bits per heavy atom. The summed E-state index contributed by atoms with van der Waals surface area (Å²) in [5, 5.41) is 6.82. The topological polar surface area (TPSA) is 73.0 Å². The lowest BCUT2D eigenvalue weighted by atomic mass is 10.1. The van der Waals surface area contributed by atoms with Crippen LogP contribution in [0.5, 0.6) is 0 Å². The number of amides is 1. The van der Waals surface area contributed by atoms with Gasteiger partial charge in [-0.15, -0.1) is 0 Å². The normalized spacial score (nSPS) is 10.8. The summed E-state index contributed by atoms with van der Waals surface area (Å²) in [7, 11) is 0. The Labute approximate surface area is 146 Å². The van der Waals surface area contributed by atoms with Gasteiger partial charge in [-0.2, -0.15) is 4.98 Å². The highest BCUT2D eigenvalue weighted by Crippen LogP contribution is 2.16. The van der Waals surface area contributed by atoms with Gasteiger partial charge in [-0.1, -0.05) is 35.0 Å². The summed E-state index contributed by atoms with van der Waals surface area (Å²) >= 11 is 0. The molecule has 0 unspecified atom stereocenters. The molecule has 0 aliphatic carbocycles. The second-order valence-corrected chi connectivity index (χ2v) is 5.96. The van der Waals surface area contributed by atoms with Gasteiger partial charge in [-0.25, -0.2) is 0 Å². The first kappa shape index (κ1) is 17.0. The van der Waals surface area contributed by atoms with E-state index in [4.69, 9.17) is 4.52 Å². The van der Waals surface area contributed by atoms with E-state index in [-0.39, 0.29) is 12.5 Å². The summed E-state index contributed by atoms with van der Waals surface area (Å²) < 4.78 is 7.26. The second-order valence-electron chi connectivity index (χ2n) is 5.96. The van der Waals surface area contributed by atoms with E-state index < -0.39 is 0 Å². The van der Waals surface area contributed by atoms with Crippen molar-refractivity contribution in [3.8, 4) is 11.5 Å². The Morgan fingerprint density at radius 3 is 2.96 bits per heavy atom. The second kappa shape index (κ2) is 7.79. The van der Waals surface area contributed by atoms with Crippen LogP contribution in [0, 0.1) is 6.92 Å². The molecule has 0 saturated carbocycles. The highest BCUT2D eigenvalue weighted by atomic mass is 16.5. The van der Waals surface area contributed by atoms with E-state index in [2.05, 4.69) is 28.4 Å². The van der Waals surface area contributed by atoms with Crippen LogP contribution in [0.3, 0.4) is 0 Å². The van der Waals surface area contributed by atoms with Gasteiger partial charge in [0.25, 0.3) is 0 Å². The molecule has 1 amide bonds. The highest BCUT2D eigenvalue weighted by Gasteiger charge is 2.12. The molecule has 6 nitrogen and oxygen atoms in total. The molecule has 0 aliphatic heterocycles. The van der Waals surface area contributed by atoms with Crippen LogP contribution >= 0.6 is 0 Å². The maximum atomic E-state index is 12.0. The average molecular weight is 338 g/mol. The molecule has 0 aliphatic rings. The van der Waals surface area contributed by atoms with Crippen LogP contribution in [0.4, 0.5) is 0 Å². The number of benzene rings is 1. The standard InChI is InChI=1S/C19H22N4O2/c1-3-23-11-5-8-16(23)19-21-18(25-22-19)13-20-17(24)10-9-15-7-4-6-14(2)12-15/h4-8,11-12H,3,9-10,13H2,1-2H3,(H,20,24). The molecular weight excluding hydrogens is 316 g/mol. The van der Waals surface area contributed by atoms with Crippen molar-refractivity contribution in [2.75, 3.05) is 0 Å².